The summed E-state index contributed by atoms with van der Waals surface area (Å²) in [6.07, 6.45) is 1.77. The van der Waals surface area contributed by atoms with Crippen molar-refractivity contribution in [2.45, 2.75) is 31.9 Å². The lowest BCUT2D eigenvalue weighted by atomic mass is 10.1. The van der Waals surface area contributed by atoms with Gasteiger partial charge in [-0.05, 0) is 19.8 Å². The van der Waals surface area contributed by atoms with Crippen molar-refractivity contribution in [1.29, 1.82) is 5.41 Å². The molecule has 0 radical (unpaired) electrons. The van der Waals surface area contributed by atoms with Gasteiger partial charge in [0.2, 0.25) is 0 Å². The van der Waals surface area contributed by atoms with E-state index in [1.807, 2.05) is 0 Å². The smallest absolute Gasteiger partial charge is 0.261 e. The van der Waals surface area contributed by atoms with E-state index < -0.39 is 11.7 Å². The Morgan fingerprint density at radius 3 is 2.84 bits per heavy atom. The number of hydrogen-bond acceptors (Lipinski definition) is 6. The molecular weight excluding hydrogens is 248 g/mol. The molecule has 0 amide bonds. The average Bonchev–Trinajstić information content (AvgIpc) is 2.39. The van der Waals surface area contributed by atoms with Crippen LogP contribution in [0.5, 0.6) is 0 Å². The molecule has 0 bridgehead atoms. The minimum atomic E-state index is -0.859. The maximum Gasteiger partial charge on any atom is 0.261 e. The molecule has 1 aliphatic rings. The third-order valence-corrected chi connectivity index (χ3v) is 3.08. The molecule has 1 aromatic rings. The van der Waals surface area contributed by atoms with Crippen LogP contribution in [-0.2, 0) is 4.74 Å². The minimum Gasteiger partial charge on any atom is -0.385 e. The summed E-state index contributed by atoms with van der Waals surface area (Å²) in [5, 5.41) is 20.0. The highest BCUT2D eigenvalue weighted by atomic mass is 16.5. The zero-order valence-electron chi connectivity index (χ0n) is 10.8. The molecule has 4 N–H and O–H groups in total. The summed E-state index contributed by atoms with van der Waals surface area (Å²) in [4.78, 5) is 18.5. The lowest BCUT2D eigenvalue weighted by Crippen LogP contribution is -2.31. The average molecular weight is 266 g/mol. The number of H-pyrrole nitrogens is 1. The third-order valence-electron chi connectivity index (χ3n) is 3.08. The number of aromatic amines is 1. The SMILES string of the molecule is CC(O)c1nc(NC2CCOCC2)c(C=N)c(=O)[nH]1. The molecule has 1 unspecified atom stereocenters. The molecule has 2 heterocycles. The summed E-state index contributed by atoms with van der Waals surface area (Å²) in [7, 11) is 0. The number of aliphatic hydroxyl groups is 1. The molecule has 1 aliphatic heterocycles. The summed E-state index contributed by atoms with van der Waals surface area (Å²) in [5.74, 6) is 0.548. The predicted octanol–water partition coefficient (Wildman–Crippen LogP) is 0.412. The maximum atomic E-state index is 11.8. The quantitative estimate of drug-likeness (QED) is 0.590. The molecule has 0 aliphatic carbocycles. The molecule has 0 saturated carbocycles. The summed E-state index contributed by atoms with van der Waals surface area (Å²) >= 11 is 0. The molecule has 0 aromatic carbocycles. The molecule has 1 atom stereocenters. The monoisotopic (exact) mass is 266 g/mol. The molecule has 7 heteroatoms. The first kappa shape index (κ1) is 13.7. The molecule has 104 valence electrons. The third kappa shape index (κ3) is 3.18. The van der Waals surface area contributed by atoms with Crippen LogP contribution in [0.15, 0.2) is 4.79 Å². The van der Waals surface area contributed by atoms with E-state index in [0.29, 0.717) is 19.0 Å². The first-order valence-corrected chi connectivity index (χ1v) is 6.29. The summed E-state index contributed by atoms with van der Waals surface area (Å²) in [6.45, 7) is 2.87. The number of ether oxygens (including phenoxy) is 1. The lowest BCUT2D eigenvalue weighted by molar-refractivity contribution is 0.0903. The van der Waals surface area contributed by atoms with E-state index in [1.165, 1.54) is 6.92 Å². The van der Waals surface area contributed by atoms with Gasteiger partial charge in [0.25, 0.3) is 5.56 Å². The van der Waals surface area contributed by atoms with E-state index in [-0.39, 0.29) is 17.4 Å². The Bertz CT molecular complexity index is 506. The fourth-order valence-electron chi connectivity index (χ4n) is 1.98. The second-order valence-electron chi connectivity index (χ2n) is 4.56. The molecular formula is C12H18N4O3. The van der Waals surface area contributed by atoms with Gasteiger partial charge in [-0.15, -0.1) is 0 Å². The van der Waals surface area contributed by atoms with Crippen molar-refractivity contribution in [2.24, 2.45) is 0 Å². The second kappa shape index (κ2) is 5.94. The Kier molecular flexibility index (Phi) is 4.28. The molecule has 19 heavy (non-hydrogen) atoms. The number of nitrogens with zero attached hydrogens (tertiary/aromatic N) is 1. The van der Waals surface area contributed by atoms with Gasteiger partial charge in [0, 0.05) is 25.5 Å². The fraction of sp³-hybridized carbons (Fsp3) is 0.583. The van der Waals surface area contributed by atoms with Crippen LogP contribution in [0.25, 0.3) is 0 Å². The van der Waals surface area contributed by atoms with Crippen LogP contribution >= 0.6 is 0 Å². The van der Waals surface area contributed by atoms with Crippen LogP contribution in [0, 0.1) is 5.41 Å². The number of aliphatic hydroxyl groups excluding tert-OH is 1. The van der Waals surface area contributed by atoms with E-state index in [0.717, 1.165) is 19.1 Å². The highest BCUT2D eigenvalue weighted by Crippen LogP contribution is 2.16. The zero-order valence-corrected chi connectivity index (χ0v) is 10.8. The van der Waals surface area contributed by atoms with Gasteiger partial charge >= 0.3 is 0 Å². The van der Waals surface area contributed by atoms with Crippen LogP contribution in [0.1, 0.15) is 37.3 Å². The zero-order chi connectivity index (χ0) is 13.8. The van der Waals surface area contributed by atoms with E-state index in [4.69, 9.17) is 10.1 Å². The van der Waals surface area contributed by atoms with Gasteiger partial charge < -0.3 is 25.6 Å². The number of hydrogen-bond donors (Lipinski definition) is 4. The lowest BCUT2D eigenvalue weighted by Gasteiger charge is -2.24. The molecule has 1 aromatic heterocycles. The Balaban J connectivity index is 2.30. The van der Waals surface area contributed by atoms with Gasteiger partial charge in [-0.3, -0.25) is 4.79 Å². The predicted molar refractivity (Wildman–Crippen MR) is 70.8 cm³/mol. The normalized spacial score (nSPS) is 18.0. The van der Waals surface area contributed by atoms with E-state index >= 15 is 0 Å². The molecule has 1 saturated heterocycles. The van der Waals surface area contributed by atoms with Crippen molar-refractivity contribution in [1.82, 2.24) is 9.97 Å². The standard InChI is InChI=1S/C12H18N4O3/c1-7(17)10-15-11(9(6-13)12(18)16-10)14-8-2-4-19-5-3-8/h6-8,13,17H,2-5H2,1H3,(H2,14,15,16,18). The van der Waals surface area contributed by atoms with Crippen molar-refractivity contribution >= 4 is 12.0 Å². The summed E-state index contributed by atoms with van der Waals surface area (Å²) in [5.41, 5.74) is -0.244. The number of rotatable bonds is 4. The first-order valence-electron chi connectivity index (χ1n) is 6.29. The molecule has 1 fully saturated rings. The van der Waals surface area contributed by atoms with Crippen molar-refractivity contribution in [3.05, 3.63) is 21.7 Å². The summed E-state index contributed by atoms with van der Waals surface area (Å²) < 4.78 is 5.27. The van der Waals surface area contributed by atoms with E-state index in [1.54, 1.807) is 0 Å². The first-order chi connectivity index (χ1) is 9.11. The van der Waals surface area contributed by atoms with Crippen LogP contribution < -0.4 is 10.9 Å². The number of nitrogens with one attached hydrogen (secondary N) is 3. The molecule has 0 spiro atoms. The van der Waals surface area contributed by atoms with Crippen molar-refractivity contribution in [2.75, 3.05) is 18.5 Å². The Morgan fingerprint density at radius 2 is 2.26 bits per heavy atom. The van der Waals surface area contributed by atoms with Crippen molar-refractivity contribution in [3.63, 3.8) is 0 Å². The van der Waals surface area contributed by atoms with Gasteiger partial charge in [0.1, 0.15) is 17.7 Å². The topological polar surface area (TPSA) is 111 Å². The van der Waals surface area contributed by atoms with Crippen LogP contribution in [0.3, 0.4) is 0 Å². The maximum absolute atomic E-state index is 11.8. The Labute approximate surface area is 110 Å². The van der Waals surface area contributed by atoms with Crippen molar-refractivity contribution < 1.29 is 9.84 Å². The number of anilines is 1. The largest absolute Gasteiger partial charge is 0.385 e. The highest BCUT2D eigenvalue weighted by Gasteiger charge is 2.18. The fourth-order valence-corrected chi connectivity index (χ4v) is 1.98. The molecule has 2 rings (SSSR count). The minimum absolute atomic E-state index is 0.170. The van der Waals surface area contributed by atoms with E-state index in [9.17, 15) is 9.90 Å². The highest BCUT2D eigenvalue weighted by molar-refractivity contribution is 5.83. The van der Waals surface area contributed by atoms with Crippen LogP contribution in [0.2, 0.25) is 0 Å². The van der Waals surface area contributed by atoms with Gasteiger partial charge in [-0.1, -0.05) is 0 Å². The van der Waals surface area contributed by atoms with Crippen LogP contribution in [0.4, 0.5) is 5.82 Å². The number of aromatic nitrogens is 2. The summed E-state index contributed by atoms with van der Waals surface area (Å²) in [6, 6.07) is 0.170. The Morgan fingerprint density at radius 1 is 1.58 bits per heavy atom. The second-order valence-corrected chi connectivity index (χ2v) is 4.56. The Hall–Kier alpha value is -1.73. The van der Waals surface area contributed by atoms with Gasteiger partial charge in [0.05, 0.1) is 5.56 Å². The van der Waals surface area contributed by atoms with E-state index in [2.05, 4.69) is 15.3 Å². The van der Waals surface area contributed by atoms with Crippen molar-refractivity contribution in [3.8, 4) is 0 Å². The van der Waals surface area contributed by atoms with Gasteiger partial charge in [-0.25, -0.2) is 4.98 Å². The molecule has 7 nitrogen and oxygen atoms in total. The van der Waals surface area contributed by atoms with Gasteiger partial charge in [-0.2, -0.15) is 0 Å². The van der Waals surface area contributed by atoms with Gasteiger partial charge in [0.15, 0.2) is 0 Å². The van der Waals surface area contributed by atoms with Crippen LogP contribution in [-0.4, -0.2) is 40.5 Å².